The van der Waals surface area contributed by atoms with Gasteiger partial charge in [0.2, 0.25) is 5.91 Å². The number of aryl methyl sites for hydroxylation is 1. The lowest BCUT2D eigenvalue weighted by Crippen LogP contribution is -2.74. The lowest BCUT2D eigenvalue weighted by atomic mass is 9.97. The van der Waals surface area contributed by atoms with E-state index in [9.17, 15) is 19.5 Å². The molecule has 1 aliphatic carbocycles. The van der Waals surface area contributed by atoms with E-state index in [-0.39, 0.29) is 16.5 Å². The third kappa shape index (κ3) is 4.14. The van der Waals surface area contributed by atoms with E-state index in [0.29, 0.717) is 12.1 Å². The van der Waals surface area contributed by atoms with Crippen molar-refractivity contribution in [3.05, 3.63) is 51.6 Å². The summed E-state index contributed by atoms with van der Waals surface area (Å²) in [7, 11) is 1.29. The first kappa shape index (κ1) is 23.3. The van der Waals surface area contributed by atoms with Crippen molar-refractivity contribution < 1.29 is 28.9 Å². The minimum absolute atomic E-state index is 0.118. The van der Waals surface area contributed by atoms with Crippen molar-refractivity contribution in [3.8, 4) is 0 Å². The number of nitrogens with one attached hydrogen (secondary N) is 1. The lowest BCUT2D eigenvalue weighted by Gasteiger charge is -2.51. The minimum Gasteiger partial charge on any atom is -0.479 e. The number of β-lactam (4-membered cyclic amide) rings is 1. The van der Waals surface area contributed by atoms with Crippen LogP contribution < -0.4 is 15.6 Å². The summed E-state index contributed by atoms with van der Waals surface area (Å²) < 4.78 is 2.07. The second-order valence-corrected chi connectivity index (χ2v) is 10.2. The number of carboxylic acids is 1. The Bertz CT molecular complexity index is 1270. The van der Waals surface area contributed by atoms with Crippen LogP contribution in [-0.4, -0.2) is 63.1 Å². The van der Waals surface area contributed by atoms with Crippen molar-refractivity contribution in [3.63, 3.8) is 0 Å². The molecule has 2 aromatic heterocycles. The van der Waals surface area contributed by atoms with E-state index in [1.165, 1.54) is 35.0 Å². The van der Waals surface area contributed by atoms with Gasteiger partial charge in [-0.2, -0.15) is 4.57 Å². The fourth-order valence-corrected chi connectivity index (χ4v) is 6.46. The molecule has 0 bridgehead atoms. The van der Waals surface area contributed by atoms with Gasteiger partial charge in [-0.3, -0.25) is 9.59 Å². The molecular formula is C22H23N6O5S2+. The van der Waals surface area contributed by atoms with Gasteiger partial charge in [-0.1, -0.05) is 5.16 Å². The van der Waals surface area contributed by atoms with Crippen LogP contribution in [0, 0.1) is 0 Å². The molecule has 2 aromatic rings. The van der Waals surface area contributed by atoms with E-state index in [1.54, 1.807) is 10.8 Å². The van der Waals surface area contributed by atoms with E-state index in [0.717, 1.165) is 30.6 Å². The van der Waals surface area contributed by atoms with Crippen LogP contribution in [-0.2, 0) is 38.6 Å². The predicted molar refractivity (Wildman–Crippen MR) is 128 cm³/mol. The average Bonchev–Trinajstić information content (AvgIpc) is 3.49. The fourth-order valence-electron chi connectivity index (χ4n) is 4.70. The fraction of sp³-hybridized carbons (Fsp3) is 0.364. The third-order valence-corrected chi connectivity index (χ3v) is 8.14. The van der Waals surface area contributed by atoms with Gasteiger partial charge in [0.15, 0.2) is 35.3 Å². The van der Waals surface area contributed by atoms with Gasteiger partial charge in [0.05, 0.1) is 0 Å². The highest BCUT2D eigenvalue weighted by atomic mass is 32.2. The maximum Gasteiger partial charge on any atom is 0.331 e. The van der Waals surface area contributed by atoms with E-state index in [4.69, 9.17) is 10.6 Å². The number of hydrogen-bond acceptors (Lipinski definition) is 9. The van der Waals surface area contributed by atoms with Crippen molar-refractivity contribution in [2.45, 2.75) is 43.3 Å². The van der Waals surface area contributed by atoms with Crippen molar-refractivity contribution >= 4 is 51.7 Å². The van der Waals surface area contributed by atoms with Crippen LogP contribution in [0.2, 0.25) is 0 Å². The number of anilines is 1. The van der Waals surface area contributed by atoms with Gasteiger partial charge < -0.3 is 25.9 Å². The predicted octanol–water partition coefficient (Wildman–Crippen LogP) is 0.289. The van der Waals surface area contributed by atoms with Gasteiger partial charge in [0.25, 0.3) is 5.91 Å². The number of thioether (sulfide) groups is 1. The molecule has 182 valence electrons. The van der Waals surface area contributed by atoms with E-state index in [1.807, 2.05) is 12.3 Å². The van der Waals surface area contributed by atoms with E-state index >= 15 is 0 Å². The first-order valence-corrected chi connectivity index (χ1v) is 12.7. The number of hydrogen-bond donors (Lipinski definition) is 3. The molecule has 0 aromatic carbocycles. The number of aromatic nitrogens is 2. The Labute approximate surface area is 208 Å². The van der Waals surface area contributed by atoms with Gasteiger partial charge >= 0.3 is 5.97 Å². The third-order valence-electron chi connectivity index (χ3n) is 6.24. The summed E-state index contributed by atoms with van der Waals surface area (Å²) >= 11 is 2.46. The summed E-state index contributed by atoms with van der Waals surface area (Å²) in [6, 6.07) is 2.06. The highest BCUT2D eigenvalue weighted by molar-refractivity contribution is 8.02. The van der Waals surface area contributed by atoms with Crippen molar-refractivity contribution in [2.24, 2.45) is 5.16 Å². The Morgan fingerprint density at radius 3 is 2.97 bits per heavy atom. The van der Waals surface area contributed by atoms with Crippen LogP contribution in [0.25, 0.3) is 0 Å². The van der Waals surface area contributed by atoms with Crippen LogP contribution in [0.1, 0.15) is 23.4 Å². The molecule has 0 radical (unpaired) electrons. The minimum atomic E-state index is -1.10. The first-order chi connectivity index (χ1) is 16.9. The van der Waals surface area contributed by atoms with Gasteiger partial charge in [-0.25, -0.2) is 9.78 Å². The molecule has 11 nitrogen and oxygen atoms in total. The quantitative estimate of drug-likeness (QED) is 0.206. The molecule has 35 heavy (non-hydrogen) atoms. The number of aliphatic carboxylic acids is 1. The highest BCUT2D eigenvalue weighted by Gasteiger charge is 2.56. The maximum absolute atomic E-state index is 13.0. The summed E-state index contributed by atoms with van der Waals surface area (Å²) in [4.78, 5) is 48.3. The number of nitrogen functional groups attached to an aromatic ring is 1. The van der Waals surface area contributed by atoms with Crippen LogP contribution in [0.4, 0.5) is 5.13 Å². The average molecular weight is 516 g/mol. The van der Waals surface area contributed by atoms with Crippen LogP contribution in [0.5, 0.6) is 0 Å². The summed E-state index contributed by atoms with van der Waals surface area (Å²) in [5.41, 5.74) is 8.87. The first-order valence-electron chi connectivity index (χ1n) is 10.9. The molecule has 2 amide bonds. The molecule has 3 atom stereocenters. The number of carbonyl (C=O) groups excluding carboxylic acids is 2. The summed E-state index contributed by atoms with van der Waals surface area (Å²) in [5, 5.41) is 19.5. The molecule has 0 saturated carbocycles. The molecule has 3 aliphatic rings. The number of nitrogens with two attached hydrogens (primary N) is 1. The molecule has 0 spiro atoms. The number of carboxylic acid groups (broad SMARTS) is 1. The summed E-state index contributed by atoms with van der Waals surface area (Å²) in [6.45, 7) is 0.385. The number of thiazole rings is 1. The normalized spacial score (nSPS) is 23.2. The molecule has 1 unspecified atom stereocenters. The maximum atomic E-state index is 13.0. The lowest BCUT2D eigenvalue weighted by molar-refractivity contribution is -0.696. The summed E-state index contributed by atoms with van der Waals surface area (Å²) in [6.07, 6.45) is 4.99. The molecule has 4 N–H and O–H groups in total. The molecule has 5 rings (SSSR count). The number of amides is 2. The smallest absolute Gasteiger partial charge is 0.331 e. The number of nitrogens with zero attached hydrogens (tertiary/aromatic N) is 4. The number of oxime groups is 1. The largest absolute Gasteiger partial charge is 0.479 e. The van der Waals surface area contributed by atoms with Crippen molar-refractivity contribution in [1.82, 2.24) is 15.2 Å². The van der Waals surface area contributed by atoms with E-state index < -0.39 is 35.2 Å². The monoisotopic (exact) mass is 515 g/mol. The van der Waals surface area contributed by atoms with Crippen molar-refractivity contribution in [2.75, 3.05) is 12.8 Å². The molecule has 4 heterocycles. The Kier molecular flexibility index (Phi) is 6.19. The zero-order valence-electron chi connectivity index (χ0n) is 18.7. The standard InChI is InChI=1S/C22H22N6O5S2/c1-33-26-15(13-10-35-22(23)24-13)18(29)25-16-19(30)28-17(21(31)32)12(9-34-20(16)28)8-27-7-3-5-11-4-2-6-14(11)27/h3,5,7,9-10,16-17,20H,2,4,6,8H2,1H3,(H3-,23,24,25,29,31,32)/p+1/b26-15-/t16-,17?,20-/m1/s1. The van der Waals surface area contributed by atoms with Gasteiger partial charge in [-0.15, -0.1) is 23.1 Å². The Morgan fingerprint density at radius 1 is 1.43 bits per heavy atom. The molecule has 2 aliphatic heterocycles. The second kappa shape index (κ2) is 9.30. The van der Waals surface area contributed by atoms with Crippen LogP contribution in [0.3, 0.4) is 0 Å². The van der Waals surface area contributed by atoms with Gasteiger partial charge in [0, 0.05) is 29.0 Å². The number of pyridine rings is 1. The number of carbonyl (C=O) groups is 3. The zero-order valence-corrected chi connectivity index (χ0v) is 20.3. The highest BCUT2D eigenvalue weighted by Crippen LogP contribution is 2.40. The molecule has 1 fully saturated rings. The topological polar surface area (TPSA) is 151 Å². The van der Waals surface area contributed by atoms with Gasteiger partial charge in [0.1, 0.15) is 24.2 Å². The molecule has 1 saturated heterocycles. The zero-order chi connectivity index (χ0) is 24.7. The van der Waals surface area contributed by atoms with Crippen molar-refractivity contribution in [1.29, 1.82) is 0 Å². The van der Waals surface area contributed by atoms with Crippen LogP contribution in [0.15, 0.2) is 39.8 Å². The SMILES string of the molecule is CO/N=C(\C(=O)N[C@@H]1C(=O)N2C(C(=O)O)C(C[n+]3cccc4c3CCC4)=CS[C@H]12)c1csc(N)n1. The van der Waals surface area contributed by atoms with Gasteiger partial charge in [-0.05, 0) is 24.3 Å². The number of rotatable bonds is 7. The second-order valence-electron chi connectivity index (χ2n) is 8.31. The Hall–Kier alpha value is -3.45. The Morgan fingerprint density at radius 2 is 2.26 bits per heavy atom. The molecule has 13 heteroatoms. The van der Waals surface area contributed by atoms with E-state index in [2.05, 4.69) is 26.1 Å². The Balaban J connectivity index is 1.35. The van der Waals surface area contributed by atoms with Crippen LogP contribution >= 0.6 is 23.1 Å². The number of fused-ring (bicyclic) bond motifs is 2. The molecular weight excluding hydrogens is 492 g/mol. The summed E-state index contributed by atoms with van der Waals surface area (Å²) in [5.74, 6) is -2.23.